The lowest BCUT2D eigenvalue weighted by atomic mass is 10.0. The number of hydrogen-bond acceptors (Lipinski definition) is 3. The van der Waals surface area contributed by atoms with Crippen LogP contribution in [0.25, 0.3) is 22.2 Å². The third kappa shape index (κ3) is 3.53. The number of likely N-dealkylation sites (N-methyl/N-ethyl adjacent to an activating group) is 1. The highest BCUT2D eigenvalue weighted by atomic mass is 35.5. The van der Waals surface area contributed by atoms with E-state index in [-0.39, 0.29) is 0 Å². The van der Waals surface area contributed by atoms with Crippen LogP contribution in [0.15, 0.2) is 48.5 Å². The van der Waals surface area contributed by atoms with Gasteiger partial charge in [-0.25, -0.2) is 4.98 Å². The fourth-order valence-corrected chi connectivity index (χ4v) is 2.95. The minimum Gasteiger partial charge on any atom is -0.383 e. The summed E-state index contributed by atoms with van der Waals surface area (Å²) >= 11 is 6.03. The van der Waals surface area contributed by atoms with Gasteiger partial charge in [0.2, 0.25) is 0 Å². The van der Waals surface area contributed by atoms with E-state index in [0.717, 1.165) is 51.5 Å². The third-order valence-electron chi connectivity index (χ3n) is 4.11. The molecular formula is C20H22ClN3. The fourth-order valence-electron chi connectivity index (χ4n) is 2.83. The summed E-state index contributed by atoms with van der Waals surface area (Å²) in [6, 6.07) is 16.1. The zero-order chi connectivity index (χ0) is 17.1. The van der Waals surface area contributed by atoms with Crippen LogP contribution >= 0.6 is 11.6 Å². The van der Waals surface area contributed by atoms with Gasteiger partial charge in [0, 0.05) is 34.7 Å². The number of nitrogens with one attached hydrogen (secondary N) is 1. The maximum atomic E-state index is 6.03. The zero-order valence-corrected chi connectivity index (χ0v) is 15.1. The maximum Gasteiger partial charge on any atom is 0.0759 e. The van der Waals surface area contributed by atoms with Crippen molar-refractivity contribution in [3.05, 3.63) is 59.1 Å². The summed E-state index contributed by atoms with van der Waals surface area (Å²) < 4.78 is 0. The Hall–Kier alpha value is -2.10. The molecule has 3 nitrogen and oxygen atoms in total. The average molecular weight is 340 g/mol. The highest BCUT2D eigenvalue weighted by Gasteiger charge is 2.13. The number of rotatable bonds is 5. The van der Waals surface area contributed by atoms with E-state index in [2.05, 4.69) is 49.4 Å². The molecule has 0 amide bonds. The Morgan fingerprint density at radius 3 is 2.46 bits per heavy atom. The van der Waals surface area contributed by atoms with Crippen LogP contribution in [0.1, 0.15) is 5.56 Å². The summed E-state index contributed by atoms with van der Waals surface area (Å²) in [6.07, 6.45) is 0. The van der Waals surface area contributed by atoms with E-state index in [1.54, 1.807) is 0 Å². The van der Waals surface area contributed by atoms with Gasteiger partial charge >= 0.3 is 0 Å². The first-order valence-corrected chi connectivity index (χ1v) is 8.48. The van der Waals surface area contributed by atoms with Crippen LogP contribution in [0, 0.1) is 6.92 Å². The van der Waals surface area contributed by atoms with Crippen molar-refractivity contribution in [3.63, 3.8) is 0 Å². The smallest absolute Gasteiger partial charge is 0.0759 e. The Bertz CT molecular complexity index is 841. The van der Waals surface area contributed by atoms with Crippen LogP contribution in [0.2, 0.25) is 5.02 Å². The highest BCUT2D eigenvalue weighted by Crippen LogP contribution is 2.33. The predicted molar refractivity (Wildman–Crippen MR) is 104 cm³/mol. The fraction of sp³-hybridized carbons (Fsp3) is 0.250. The zero-order valence-electron chi connectivity index (χ0n) is 14.3. The van der Waals surface area contributed by atoms with Gasteiger partial charge in [0.1, 0.15) is 0 Å². The van der Waals surface area contributed by atoms with Crippen LogP contribution in [0.5, 0.6) is 0 Å². The SMILES string of the molecule is Cc1c(-c2ccc(Cl)cc2)nc2ccccc2c1NCCN(C)C. The second kappa shape index (κ2) is 7.20. The Morgan fingerprint density at radius 2 is 1.75 bits per heavy atom. The van der Waals surface area contributed by atoms with Crippen LogP contribution in [0.3, 0.4) is 0 Å². The summed E-state index contributed by atoms with van der Waals surface area (Å²) in [4.78, 5) is 7.06. The molecular weight excluding hydrogens is 318 g/mol. The lowest BCUT2D eigenvalue weighted by Gasteiger charge is -2.18. The van der Waals surface area contributed by atoms with E-state index >= 15 is 0 Å². The minimum atomic E-state index is 0.738. The molecule has 24 heavy (non-hydrogen) atoms. The molecule has 1 heterocycles. The van der Waals surface area contributed by atoms with E-state index in [9.17, 15) is 0 Å². The van der Waals surface area contributed by atoms with Gasteiger partial charge < -0.3 is 10.2 Å². The van der Waals surface area contributed by atoms with E-state index in [1.807, 2.05) is 30.3 Å². The van der Waals surface area contributed by atoms with E-state index < -0.39 is 0 Å². The van der Waals surface area contributed by atoms with Crippen molar-refractivity contribution in [2.75, 3.05) is 32.5 Å². The Kier molecular flexibility index (Phi) is 5.03. The number of hydrogen-bond donors (Lipinski definition) is 1. The second-order valence-electron chi connectivity index (χ2n) is 6.21. The van der Waals surface area contributed by atoms with Crippen molar-refractivity contribution in [3.8, 4) is 11.3 Å². The molecule has 3 rings (SSSR count). The van der Waals surface area contributed by atoms with E-state index in [0.29, 0.717) is 0 Å². The molecule has 0 saturated carbocycles. The number of pyridine rings is 1. The number of para-hydroxylation sites is 1. The minimum absolute atomic E-state index is 0.738. The molecule has 0 spiro atoms. The molecule has 0 bridgehead atoms. The Balaban J connectivity index is 2.10. The number of benzene rings is 2. The summed E-state index contributed by atoms with van der Waals surface area (Å²) in [5, 5.41) is 5.50. The summed E-state index contributed by atoms with van der Waals surface area (Å²) in [5.74, 6) is 0. The molecule has 0 radical (unpaired) electrons. The summed E-state index contributed by atoms with van der Waals surface area (Å²) in [7, 11) is 4.16. The van der Waals surface area contributed by atoms with Crippen molar-refractivity contribution in [2.45, 2.75) is 6.92 Å². The van der Waals surface area contributed by atoms with Crippen LogP contribution < -0.4 is 5.32 Å². The molecule has 0 aliphatic heterocycles. The molecule has 3 aromatic rings. The maximum absolute atomic E-state index is 6.03. The molecule has 0 aliphatic rings. The molecule has 2 aromatic carbocycles. The van der Waals surface area contributed by atoms with Gasteiger partial charge in [0.25, 0.3) is 0 Å². The van der Waals surface area contributed by atoms with Crippen molar-refractivity contribution < 1.29 is 0 Å². The predicted octanol–water partition coefficient (Wildman–Crippen LogP) is 4.84. The van der Waals surface area contributed by atoms with Gasteiger partial charge in [0.15, 0.2) is 0 Å². The van der Waals surface area contributed by atoms with Gasteiger partial charge in [-0.1, -0.05) is 41.9 Å². The van der Waals surface area contributed by atoms with Gasteiger partial charge in [-0.3, -0.25) is 0 Å². The molecule has 0 aliphatic carbocycles. The molecule has 124 valence electrons. The molecule has 1 N–H and O–H groups in total. The lowest BCUT2D eigenvalue weighted by Crippen LogP contribution is -2.21. The van der Waals surface area contributed by atoms with Gasteiger partial charge in [-0.2, -0.15) is 0 Å². The van der Waals surface area contributed by atoms with Crippen molar-refractivity contribution in [1.82, 2.24) is 9.88 Å². The molecule has 0 unspecified atom stereocenters. The Morgan fingerprint density at radius 1 is 1.04 bits per heavy atom. The molecule has 1 aromatic heterocycles. The number of aromatic nitrogens is 1. The first kappa shape index (κ1) is 16.7. The number of anilines is 1. The van der Waals surface area contributed by atoms with Crippen molar-refractivity contribution in [1.29, 1.82) is 0 Å². The molecule has 4 heteroatoms. The average Bonchev–Trinajstić information content (AvgIpc) is 2.57. The second-order valence-corrected chi connectivity index (χ2v) is 6.65. The molecule has 0 saturated heterocycles. The molecule has 0 fully saturated rings. The quantitative estimate of drug-likeness (QED) is 0.721. The normalized spacial score (nSPS) is 11.2. The van der Waals surface area contributed by atoms with Gasteiger partial charge in [-0.05, 0) is 44.8 Å². The highest BCUT2D eigenvalue weighted by molar-refractivity contribution is 6.30. The largest absolute Gasteiger partial charge is 0.383 e. The summed E-state index contributed by atoms with van der Waals surface area (Å²) in [6.45, 7) is 4.00. The standard InChI is InChI=1S/C20H22ClN3/c1-14-19(15-8-10-16(21)11-9-15)23-18-7-5-4-6-17(18)20(14)22-12-13-24(2)3/h4-11H,12-13H2,1-3H3,(H,22,23). The van der Waals surface area contributed by atoms with Crippen LogP contribution in [0.4, 0.5) is 5.69 Å². The van der Waals surface area contributed by atoms with E-state index in [1.165, 1.54) is 0 Å². The Labute approximate surface area is 148 Å². The lowest BCUT2D eigenvalue weighted by molar-refractivity contribution is 0.425. The molecule has 0 atom stereocenters. The monoisotopic (exact) mass is 339 g/mol. The first-order valence-electron chi connectivity index (χ1n) is 8.10. The summed E-state index contributed by atoms with van der Waals surface area (Å²) in [5.41, 5.74) is 5.40. The number of halogens is 1. The van der Waals surface area contributed by atoms with Gasteiger partial charge in [0.05, 0.1) is 11.2 Å². The van der Waals surface area contributed by atoms with Crippen molar-refractivity contribution >= 4 is 28.2 Å². The number of fused-ring (bicyclic) bond motifs is 1. The van der Waals surface area contributed by atoms with Crippen LogP contribution in [-0.2, 0) is 0 Å². The first-order chi connectivity index (χ1) is 11.6. The van der Waals surface area contributed by atoms with Gasteiger partial charge in [-0.15, -0.1) is 0 Å². The van der Waals surface area contributed by atoms with Crippen LogP contribution in [-0.4, -0.2) is 37.1 Å². The number of nitrogens with zero attached hydrogens (tertiary/aromatic N) is 2. The van der Waals surface area contributed by atoms with Crippen molar-refractivity contribution in [2.24, 2.45) is 0 Å². The topological polar surface area (TPSA) is 28.2 Å². The van der Waals surface area contributed by atoms with E-state index in [4.69, 9.17) is 16.6 Å². The third-order valence-corrected chi connectivity index (χ3v) is 4.37.